The van der Waals surface area contributed by atoms with Gasteiger partial charge in [0.05, 0.1) is 13.2 Å². The van der Waals surface area contributed by atoms with Gasteiger partial charge in [-0.15, -0.1) is 104 Å². The number of hydrogen-bond acceptors (Lipinski definition) is 12. The monoisotopic (exact) mass is 1690 g/mol. The largest absolute Gasteiger partial charge is 0.493 e. The number of hydrogen-bond donors (Lipinski definition) is 0. The summed E-state index contributed by atoms with van der Waals surface area (Å²) in [5.74, 6) is 29.2. The zero-order valence-electron chi connectivity index (χ0n) is 70.7. The standard InChI is InChI=1S/C56H66O2S4.C48H54O2S4/c1-7-11-15-19-23-27-31-45-39-43(5)59-55(45)53-35-33-51(61-53)47-41-50(58-38-30-26-22-18-14-10-4)48(42-49(47)57-37-29-25-21-17-13-9-3)52-34-36-54(62-52)56-46(40-44(6)60-56)32-28-24-20-16-12-8-2;1-7-11-15-19-23-37-31-35(5)51-47(37)45-27-25-43(53-45)39-33-42(50-30-22-18-14-10-4)40(34-41(39)49-29-21-17-13-9-3)44-26-28-46(54-44)48-38(32-36(6)52-48)24-20-16-12-8-2/h3,33-36,39-42H,7-8,10-12,14-16,18-20,22-24,26-28,30-32,38H2,1-2,4-6H3;3,25-28,31-34H,7-8,10-12,14-16,18-20,22-24,30H2,1-2,4-6H3. The van der Waals surface area contributed by atoms with E-state index in [4.69, 9.17) is 31.8 Å². The normalized spacial score (nSPS) is 10.7. The van der Waals surface area contributed by atoms with Gasteiger partial charge >= 0.3 is 0 Å². The predicted octanol–water partition coefficient (Wildman–Crippen LogP) is 33.1. The maximum Gasteiger partial charge on any atom is 0.149 e. The Morgan fingerprint density at radius 1 is 0.250 bits per heavy atom. The van der Waals surface area contributed by atoms with Crippen molar-refractivity contribution in [1.29, 1.82) is 0 Å². The van der Waals surface area contributed by atoms with Crippen molar-refractivity contribution >= 4 is 90.7 Å². The van der Waals surface area contributed by atoms with Gasteiger partial charge in [-0.3, -0.25) is 0 Å². The van der Waals surface area contributed by atoms with Crippen LogP contribution in [-0.4, -0.2) is 13.2 Å². The average molecular weight is 1690 g/mol. The average Bonchev–Trinajstić information content (AvgIpc) is 1.52. The summed E-state index contributed by atoms with van der Waals surface area (Å²) in [6.07, 6.45) is 58.4. The lowest BCUT2D eigenvalue weighted by atomic mass is 10.0. The first kappa shape index (κ1) is 92.0. The molecule has 116 heavy (non-hydrogen) atoms. The van der Waals surface area contributed by atoms with Crippen LogP contribution >= 0.6 is 90.7 Å². The molecule has 0 spiro atoms. The minimum atomic E-state index is 0.670. The Hall–Kier alpha value is -7.84. The summed E-state index contributed by atoms with van der Waals surface area (Å²) in [6.45, 7) is 23.9. The van der Waals surface area contributed by atoms with E-state index in [1.54, 1.807) is 0 Å². The van der Waals surface area contributed by atoms with Gasteiger partial charge in [-0.25, -0.2) is 0 Å². The molecule has 0 amide bonds. The van der Waals surface area contributed by atoms with Crippen molar-refractivity contribution in [2.75, 3.05) is 13.2 Å². The van der Waals surface area contributed by atoms with Gasteiger partial charge in [0.25, 0.3) is 0 Å². The summed E-state index contributed by atoms with van der Waals surface area (Å²) in [5, 5.41) is 0. The van der Waals surface area contributed by atoms with Crippen LogP contribution in [0, 0.1) is 112 Å². The van der Waals surface area contributed by atoms with E-state index in [1.807, 2.05) is 90.7 Å². The molecule has 0 radical (unpaired) electrons. The zero-order chi connectivity index (χ0) is 81.9. The molecule has 8 heterocycles. The second-order valence-corrected chi connectivity index (χ2v) is 39.4. The molecule has 8 aromatic heterocycles. The minimum absolute atomic E-state index is 0.670. The lowest BCUT2D eigenvalue weighted by Gasteiger charge is -2.15. The summed E-state index contributed by atoms with van der Waals surface area (Å²) in [5.41, 5.74) is 9.85. The van der Waals surface area contributed by atoms with Gasteiger partial charge < -0.3 is 18.9 Å². The fourth-order valence-electron chi connectivity index (χ4n) is 14.4. The Labute approximate surface area is 730 Å². The van der Waals surface area contributed by atoms with Crippen molar-refractivity contribution < 1.29 is 18.9 Å². The van der Waals surface area contributed by atoms with Gasteiger partial charge in [-0.05, 0) is 241 Å². The maximum atomic E-state index is 6.80. The Morgan fingerprint density at radius 3 is 0.793 bits per heavy atom. The first-order valence-corrected chi connectivity index (χ1v) is 49.6. The van der Waals surface area contributed by atoms with Gasteiger partial charge in [-0.2, -0.15) is 0 Å². The highest BCUT2D eigenvalue weighted by atomic mass is 32.1. The highest BCUT2D eigenvalue weighted by molar-refractivity contribution is 7.26. The zero-order valence-corrected chi connectivity index (χ0v) is 77.3. The first-order chi connectivity index (χ1) is 56.9. The molecule has 0 aliphatic carbocycles. The molecular weight excluding hydrogens is 1570 g/mol. The molecule has 0 fully saturated rings. The number of rotatable bonds is 48. The van der Waals surface area contributed by atoms with E-state index in [2.05, 4.69) is 238 Å². The first-order valence-electron chi connectivity index (χ1n) is 43.1. The van der Waals surface area contributed by atoms with Crippen LogP contribution in [0.2, 0.25) is 0 Å². The Morgan fingerprint density at radius 2 is 0.483 bits per heavy atom. The number of benzene rings is 2. The van der Waals surface area contributed by atoms with Crippen molar-refractivity contribution in [1.82, 2.24) is 0 Å². The second-order valence-electron chi connectivity index (χ2n) is 30.1. The molecule has 0 aliphatic rings. The van der Waals surface area contributed by atoms with Crippen LogP contribution in [-0.2, 0) is 25.7 Å². The third kappa shape index (κ3) is 29.3. The van der Waals surface area contributed by atoms with Gasteiger partial charge in [0.2, 0.25) is 0 Å². The molecule has 0 saturated carbocycles. The van der Waals surface area contributed by atoms with Crippen LogP contribution in [0.1, 0.15) is 276 Å². The van der Waals surface area contributed by atoms with Gasteiger partial charge in [0.1, 0.15) is 35.2 Å². The Kier molecular flexibility index (Phi) is 41.4. The van der Waals surface area contributed by atoms with Crippen molar-refractivity contribution in [3.8, 4) is 188 Å². The highest BCUT2D eigenvalue weighted by Crippen LogP contribution is 2.52. The summed E-state index contributed by atoms with van der Waals surface area (Å²) < 4.78 is 26.1. The molecule has 0 saturated heterocycles. The van der Waals surface area contributed by atoms with E-state index < -0.39 is 0 Å². The van der Waals surface area contributed by atoms with E-state index in [9.17, 15) is 0 Å². The molecule has 0 atom stereocenters. The van der Waals surface area contributed by atoms with Crippen molar-refractivity contribution in [2.24, 2.45) is 0 Å². The molecule has 2 aromatic carbocycles. The molecule has 0 bridgehead atoms. The van der Waals surface area contributed by atoms with E-state index in [0.717, 1.165) is 98.2 Å². The molecule has 0 N–H and O–H groups in total. The minimum Gasteiger partial charge on any atom is -0.493 e. The molecule has 0 aliphatic heterocycles. The van der Waals surface area contributed by atoms with Crippen molar-refractivity contribution in [3.63, 3.8) is 0 Å². The fraction of sp³-hybridized carbons (Fsp3) is 0.442. The SMILES string of the molecule is C#CC#CC#CC#COc1cc(-c2ccc(-c3sc(C)cc3CCCCCCCC)s2)c(OCCCCCCCC)cc1-c1ccc(-c2sc(C)cc2CCCCCCCC)s1.C#CC#CC#COc1cc(-c2ccc(-c3sc(C)cc3CCCCCC)s2)c(OCCCCCC)cc1-c1ccc(-c2sc(C)cc2CCCCCC)s1. The lowest BCUT2D eigenvalue weighted by Crippen LogP contribution is -2.00. The Bertz CT molecular complexity index is 5100. The second kappa shape index (κ2) is 52.2. The van der Waals surface area contributed by atoms with Gasteiger partial charge in [-0.1, -0.05) is 196 Å². The van der Waals surface area contributed by atoms with Crippen LogP contribution in [0.4, 0.5) is 0 Å². The molecular formula is C104H120O4S8. The number of unbranched alkanes of at least 4 members (excludes halogenated alkanes) is 24. The number of terminal acetylenes is 2. The molecule has 10 rings (SSSR count). The summed E-state index contributed by atoms with van der Waals surface area (Å²) in [6, 6.07) is 36.3. The summed E-state index contributed by atoms with van der Waals surface area (Å²) in [7, 11) is 0. The maximum absolute atomic E-state index is 6.80. The quantitative estimate of drug-likeness (QED) is 0.0281. The molecule has 0 unspecified atom stereocenters. The fourth-order valence-corrected chi connectivity index (χ4v) is 23.4. The van der Waals surface area contributed by atoms with E-state index in [1.165, 1.54) is 254 Å². The van der Waals surface area contributed by atoms with E-state index in [0.29, 0.717) is 24.7 Å². The number of thiophene rings is 8. The topological polar surface area (TPSA) is 36.9 Å². The number of aryl methyl sites for hydroxylation is 8. The van der Waals surface area contributed by atoms with Crippen LogP contribution in [0.15, 0.2) is 97.1 Å². The lowest BCUT2D eigenvalue weighted by molar-refractivity contribution is 0.305. The van der Waals surface area contributed by atoms with Crippen molar-refractivity contribution in [3.05, 3.63) is 139 Å². The van der Waals surface area contributed by atoms with E-state index in [-0.39, 0.29) is 0 Å². The van der Waals surface area contributed by atoms with Gasteiger partial charge in [0, 0.05) is 130 Å². The number of ether oxygens (including phenoxy) is 4. The third-order valence-corrected chi connectivity index (χ3v) is 30.0. The smallest absolute Gasteiger partial charge is 0.149 e. The van der Waals surface area contributed by atoms with Crippen LogP contribution in [0.25, 0.3) is 80.8 Å². The summed E-state index contributed by atoms with van der Waals surface area (Å²) in [4.78, 5) is 20.8. The van der Waals surface area contributed by atoms with Crippen molar-refractivity contribution in [2.45, 2.75) is 288 Å². The summed E-state index contributed by atoms with van der Waals surface area (Å²) >= 11 is 14.9. The van der Waals surface area contributed by atoms with Crippen LogP contribution < -0.4 is 18.9 Å². The third-order valence-electron chi connectivity index (χ3n) is 20.4. The van der Waals surface area contributed by atoms with Crippen LogP contribution in [0.5, 0.6) is 23.0 Å². The Balaban J connectivity index is 0.000000268. The molecule has 10 aromatic rings. The van der Waals surface area contributed by atoms with Crippen LogP contribution in [0.3, 0.4) is 0 Å². The van der Waals surface area contributed by atoms with E-state index >= 15 is 0 Å². The predicted molar refractivity (Wildman–Crippen MR) is 514 cm³/mol. The van der Waals surface area contributed by atoms with Gasteiger partial charge in [0.15, 0.2) is 0 Å². The molecule has 4 nitrogen and oxygen atoms in total. The highest BCUT2D eigenvalue weighted by Gasteiger charge is 2.25. The molecule has 12 heteroatoms. The molecule has 608 valence electrons.